The fourth-order valence-electron chi connectivity index (χ4n) is 2.23. The van der Waals surface area contributed by atoms with Gasteiger partial charge in [-0.25, -0.2) is 13.4 Å². The van der Waals surface area contributed by atoms with Gasteiger partial charge in [0, 0.05) is 5.69 Å². The third-order valence-electron chi connectivity index (χ3n) is 3.54. The first-order chi connectivity index (χ1) is 10.9. The second-order valence-electron chi connectivity index (χ2n) is 5.60. The van der Waals surface area contributed by atoms with Crippen LogP contribution in [-0.2, 0) is 10.0 Å². The van der Waals surface area contributed by atoms with E-state index in [1.54, 1.807) is 12.3 Å². The molecular weight excluding hydrogens is 310 g/mol. The number of nitrogens with one attached hydrogen (secondary N) is 2. The molecule has 0 radical (unpaired) electrons. The van der Waals surface area contributed by atoms with E-state index in [1.165, 1.54) is 0 Å². The van der Waals surface area contributed by atoms with E-state index in [9.17, 15) is 8.42 Å². The Hall–Kier alpha value is -2.08. The van der Waals surface area contributed by atoms with Crippen LogP contribution in [0.2, 0.25) is 0 Å². The minimum absolute atomic E-state index is 0.119. The molecule has 1 heterocycles. The first-order valence-corrected chi connectivity index (χ1v) is 9.36. The number of rotatable bonds is 7. The van der Waals surface area contributed by atoms with Gasteiger partial charge >= 0.3 is 0 Å². The summed E-state index contributed by atoms with van der Waals surface area (Å²) in [4.78, 5) is 4.17. The van der Waals surface area contributed by atoms with E-state index in [0.717, 1.165) is 28.9 Å². The molecule has 0 unspecified atom stereocenters. The summed E-state index contributed by atoms with van der Waals surface area (Å²) in [6.07, 6.45) is 3.11. The molecule has 0 fully saturated rings. The first kappa shape index (κ1) is 17.3. The lowest BCUT2D eigenvalue weighted by molar-refractivity contribution is 0.597. The van der Waals surface area contributed by atoms with Crippen LogP contribution in [0.5, 0.6) is 0 Å². The van der Waals surface area contributed by atoms with Gasteiger partial charge in [0.25, 0.3) is 0 Å². The summed E-state index contributed by atoms with van der Waals surface area (Å²) in [5.41, 5.74) is 4.16. The van der Waals surface area contributed by atoms with E-state index in [2.05, 4.69) is 15.0 Å². The van der Waals surface area contributed by atoms with E-state index >= 15 is 0 Å². The Bertz CT molecular complexity index is 736. The SMILES string of the molecule is CCCCS(=O)(=O)Nc1ccc(Nc2c(C)cccc2C)cn1. The number of benzene rings is 1. The van der Waals surface area contributed by atoms with Gasteiger partial charge in [0.15, 0.2) is 0 Å². The maximum absolute atomic E-state index is 11.9. The third kappa shape index (κ3) is 4.96. The summed E-state index contributed by atoms with van der Waals surface area (Å²) in [6.45, 7) is 6.04. The quantitative estimate of drug-likeness (QED) is 0.804. The topological polar surface area (TPSA) is 71.1 Å². The van der Waals surface area contributed by atoms with Crippen molar-refractivity contribution in [3.63, 3.8) is 0 Å². The summed E-state index contributed by atoms with van der Waals surface area (Å²) in [5, 5.41) is 3.33. The van der Waals surface area contributed by atoms with Crippen molar-refractivity contribution in [3.05, 3.63) is 47.7 Å². The Morgan fingerprint density at radius 1 is 1.09 bits per heavy atom. The van der Waals surface area contributed by atoms with E-state index in [1.807, 2.05) is 45.0 Å². The molecule has 0 saturated heterocycles. The normalized spacial score (nSPS) is 11.3. The molecule has 0 saturated carbocycles. The molecule has 2 N–H and O–H groups in total. The predicted molar refractivity (Wildman–Crippen MR) is 95.8 cm³/mol. The molecule has 2 rings (SSSR count). The number of para-hydroxylation sites is 1. The van der Waals surface area contributed by atoms with Crippen molar-refractivity contribution in [2.24, 2.45) is 0 Å². The number of sulfonamides is 1. The fraction of sp³-hybridized carbons (Fsp3) is 0.353. The Balaban J connectivity index is 2.08. The number of aromatic nitrogens is 1. The Kier molecular flexibility index (Phi) is 5.60. The van der Waals surface area contributed by atoms with Gasteiger partial charge in [0.1, 0.15) is 5.82 Å². The Morgan fingerprint density at radius 3 is 2.35 bits per heavy atom. The summed E-state index contributed by atoms with van der Waals surface area (Å²) in [7, 11) is -3.31. The summed E-state index contributed by atoms with van der Waals surface area (Å²) < 4.78 is 26.2. The smallest absolute Gasteiger partial charge is 0.233 e. The summed E-state index contributed by atoms with van der Waals surface area (Å²) in [5.74, 6) is 0.460. The van der Waals surface area contributed by atoms with Gasteiger partial charge in [-0.2, -0.15) is 0 Å². The van der Waals surface area contributed by atoms with Crippen LogP contribution in [0.25, 0.3) is 0 Å². The minimum atomic E-state index is -3.31. The lowest BCUT2D eigenvalue weighted by Crippen LogP contribution is -2.17. The van der Waals surface area contributed by atoms with E-state index < -0.39 is 10.0 Å². The number of nitrogens with zero attached hydrogens (tertiary/aromatic N) is 1. The molecule has 0 aliphatic rings. The van der Waals surface area contributed by atoms with Crippen molar-refractivity contribution < 1.29 is 8.42 Å². The van der Waals surface area contributed by atoms with Gasteiger partial charge in [-0.3, -0.25) is 4.72 Å². The highest BCUT2D eigenvalue weighted by Gasteiger charge is 2.10. The molecule has 0 atom stereocenters. The zero-order valence-corrected chi connectivity index (χ0v) is 14.6. The third-order valence-corrected chi connectivity index (χ3v) is 4.89. The van der Waals surface area contributed by atoms with E-state index in [0.29, 0.717) is 12.2 Å². The average Bonchev–Trinajstić information content (AvgIpc) is 2.50. The second kappa shape index (κ2) is 7.46. The molecule has 0 spiro atoms. The molecule has 0 amide bonds. The van der Waals surface area contributed by atoms with Gasteiger partial charge in [-0.1, -0.05) is 31.5 Å². The second-order valence-corrected chi connectivity index (χ2v) is 7.44. The van der Waals surface area contributed by atoms with E-state index in [4.69, 9.17) is 0 Å². The van der Waals surface area contributed by atoms with Crippen LogP contribution in [0.15, 0.2) is 36.5 Å². The molecule has 1 aromatic carbocycles. The van der Waals surface area contributed by atoms with Gasteiger partial charge in [0.2, 0.25) is 10.0 Å². The van der Waals surface area contributed by atoms with Gasteiger partial charge in [0.05, 0.1) is 17.6 Å². The Labute approximate surface area is 138 Å². The summed E-state index contributed by atoms with van der Waals surface area (Å²) in [6, 6.07) is 9.58. The van der Waals surface area contributed by atoms with Crippen molar-refractivity contribution in [1.82, 2.24) is 4.98 Å². The molecule has 5 nitrogen and oxygen atoms in total. The van der Waals surface area contributed by atoms with Crippen LogP contribution in [-0.4, -0.2) is 19.2 Å². The van der Waals surface area contributed by atoms with Crippen LogP contribution in [0.3, 0.4) is 0 Å². The number of unbranched alkanes of at least 4 members (excludes halogenated alkanes) is 1. The number of aryl methyl sites for hydroxylation is 2. The van der Waals surface area contributed by atoms with Crippen molar-refractivity contribution in [2.45, 2.75) is 33.6 Å². The van der Waals surface area contributed by atoms with Crippen molar-refractivity contribution in [1.29, 1.82) is 0 Å². The number of hydrogen-bond acceptors (Lipinski definition) is 4. The molecule has 0 aliphatic heterocycles. The average molecular weight is 333 g/mol. The van der Waals surface area contributed by atoms with Gasteiger partial charge in [-0.05, 0) is 43.5 Å². The van der Waals surface area contributed by atoms with Crippen LogP contribution >= 0.6 is 0 Å². The highest BCUT2D eigenvalue weighted by molar-refractivity contribution is 7.92. The maximum atomic E-state index is 11.9. The highest BCUT2D eigenvalue weighted by atomic mass is 32.2. The van der Waals surface area contributed by atoms with Crippen LogP contribution in [0.1, 0.15) is 30.9 Å². The standard InChI is InChI=1S/C17H23N3O2S/c1-4-5-11-23(21,22)20-16-10-9-15(12-18-16)19-17-13(2)7-6-8-14(17)3/h6-10,12,19H,4-5,11H2,1-3H3,(H,18,20). The molecule has 23 heavy (non-hydrogen) atoms. The highest BCUT2D eigenvalue weighted by Crippen LogP contribution is 2.24. The lowest BCUT2D eigenvalue weighted by atomic mass is 10.1. The minimum Gasteiger partial charge on any atom is -0.354 e. The molecule has 6 heteroatoms. The molecule has 1 aromatic heterocycles. The molecule has 0 aliphatic carbocycles. The predicted octanol–water partition coefficient (Wildman–Crippen LogP) is 3.98. The lowest BCUT2D eigenvalue weighted by Gasteiger charge is -2.13. The molecule has 0 bridgehead atoms. The van der Waals surface area contributed by atoms with Crippen LogP contribution in [0.4, 0.5) is 17.2 Å². The van der Waals surface area contributed by atoms with Crippen LogP contribution in [0, 0.1) is 13.8 Å². The molecular formula is C17H23N3O2S. The maximum Gasteiger partial charge on any atom is 0.233 e. The van der Waals surface area contributed by atoms with Gasteiger partial charge < -0.3 is 5.32 Å². The number of pyridine rings is 1. The zero-order chi connectivity index (χ0) is 16.9. The largest absolute Gasteiger partial charge is 0.354 e. The molecule has 124 valence electrons. The van der Waals surface area contributed by atoms with Crippen molar-refractivity contribution in [3.8, 4) is 0 Å². The van der Waals surface area contributed by atoms with E-state index in [-0.39, 0.29) is 5.75 Å². The van der Waals surface area contributed by atoms with Gasteiger partial charge in [-0.15, -0.1) is 0 Å². The summed E-state index contributed by atoms with van der Waals surface area (Å²) >= 11 is 0. The number of hydrogen-bond donors (Lipinski definition) is 2. The Morgan fingerprint density at radius 2 is 1.78 bits per heavy atom. The van der Waals surface area contributed by atoms with Crippen molar-refractivity contribution >= 4 is 27.2 Å². The monoisotopic (exact) mass is 333 g/mol. The number of anilines is 3. The molecule has 2 aromatic rings. The van der Waals surface area contributed by atoms with Crippen molar-refractivity contribution in [2.75, 3.05) is 15.8 Å². The first-order valence-electron chi connectivity index (χ1n) is 7.71. The van der Waals surface area contributed by atoms with Crippen LogP contribution < -0.4 is 10.0 Å². The zero-order valence-electron chi connectivity index (χ0n) is 13.8. The fourth-order valence-corrected chi connectivity index (χ4v) is 3.44.